The van der Waals surface area contributed by atoms with E-state index >= 15 is 0 Å². The zero-order valence-corrected chi connectivity index (χ0v) is 13.1. The molecule has 1 saturated heterocycles. The van der Waals surface area contributed by atoms with Crippen molar-refractivity contribution in [2.45, 2.75) is 24.2 Å². The van der Waals surface area contributed by atoms with Crippen LogP contribution in [-0.2, 0) is 10.0 Å². The second-order valence-electron chi connectivity index (χ2n) is 4.45. The van der Waals surface area contributed by atoms with Gasteiger partial charge >= 0.3 is 5.97 Å². The third kappa shape index (κ3) is 3.26. The van der Waals surface area contributed by atoms with Crippen LogP contribution in [0, 0.1) is 3.57 Å². The largest absolute Gasteiger partial charge is 0.478 e. The summed E-state index contributed by atoms with van der Waals surface area (Å²) in [5.74, 6) is -1.12. The van der Waals surface area contributed by atoms with Gasteiger partial charge in [0.15, 0.2) is 0 Å². The van der Waals surface area contributed by atoms with Gasteiger partial charge in [-0.15, -0.1) is 0 Å². The van der Waals surface area contributed by atoms with E-state index in [2.05, 4.69) is 0 Å². The van der Waals surface area contributed by atoms with E-state index in [1.807, 2.05) is 22.6 Å². The maximum Gasteiger partial charge on any atom is 0.335 e. The van der Waals surface area contributed by atoms with E-state index in [1.54, 1.807) is 0 Å². The van der Waals surface area contributed by atoms with Gasteiger partial charge in [-0.3, -0.25) is 0 Å². The second-order valence-corrected chi connectivity index (χ2v) is 7.63. The van der Waals surface area contributed by atoms with Gasteiger partial charge in [0, 0.05) is 16.7 Å². The molecule has 1 aromatic rings. The summed E-state index contributed by atoms with van der Waals surface area (Å²) in [5.41, 5.74) is 0.00230. The molecule has 1 N–H and O–H groups in total. The molecular formula is C12H14INO4S. The molecule has 0 atom stereocenters. The van der Waals surface area contributed by atoms with Crippen molar-refractivity contribution in [1.29, 1.82) is 0 Å². The first-order valence-electron chi connectivity index (χ1n) is 5.95. The first-order valence-corrected chi connectivity index (χ1v) is 8.47. The summed E-state index contributed by atoms with van der Waals surface area (Å²) in [6, 6.07) is 4.20. The number of rotatable bonds is 3. The Morgan fingerprint density at radius 1 is 1.16 bits per heavy atom. The molecule has 1 aliphatic rings. The molecule has 19 heavy (non-hydrogen) atoms. The minimum Gasteiger partial charge on any atom is -0.478 e. The molecule has 0 aliphatic carbocycles. The molecular weight excluding hydrogens is 381 g/mol. The number of halogens is 1. The molecule has 0 spiro atoms. The predicted octanol–water partition coefficient (Wildman–Crippen LogP) is 2.16. The molecule has 0 aromatic heterocycles. The van der Waals surface area contributed by atoms with Crippen molar-refractivity contribution in [3.8, 4) is 0 Å². The van der Waals surface area contributed by atoms with Crippen molar-refractivity contribution < 1.29 is 18.3 Å². The fraction of sp³-hybridized carbons (Fsp3) is 0.417. The summed E-state index contributed by atoms with van der Waals surface area (Å²) in [5, 5.41) is 9.00. The number of sulfonamides is 1. The maximum absolute atomic E-state index is 12.4. The van der Waals surface area contributed by atoms with Crippen LogP contribution in [0.4, 0.5) is 0 Å². The fourth-order valence-corrected chi connectivity index (χ4v) is 4.56. The van der Waals surface area contributed by atoms with Crippen LogP contribution >= 0.6 is 22.6 Å². The number of piperidine rings is 1. The number of carboxylic acids is 1. The smallest absolute Gasteiger partial charge is 0.335 e. The average Bonchev–Trinajstić information content (AvgIpc) is 2.39. The van der Waals surface area contributed by atoms with E-state index in [1.165, 1.54) is 22.5 Å². The van der Waals surface area contributed by atoms with E-state index in [0.29, 0.717) is 16.7 Å². The van der Waals surface area contributed by atoms with Crippen molar-refractivity contribution in [1.82, 2.24) is 4.31 Å². The summed E-state index contributed by atoms with van der Waals surface area (Å²) in [6.07, 6.45) is 2.75. The summed E-state index contributed by atoms with van der Waals surface area (Å²) >= 11 is 1.93. The van der Waals surface area contributed by atoms with Gasteiger partial charge in [0.1, 0.15) is 0 Å². The molecule has 0 bridgehead atoms. The highest BCUT2D eigenvalue weighted by atomic mass is 127. The molecule has 1 aromatic carbocycles. The van der Waals surface area contributed by atoms with Crippen LogP contribution < -0.4 is 0 Å². The van der Waals surface area contributed by atoms with E-state index in [0.717, 1.165) is 19.3 Å². The van der Waals surface area contributed by atoms with Crippen molar-refractivity contribution in [2.24, 2.45) is 0 Å². The first-order chi connectivity index (χ1) is 8.91. The Bertz CT molecular complexity index is 594. The van der Waals surface area contributed by atoms with Gasteiger partial charge in [-0.2, -0.15) is 4.31 Å². The Hall–Kier alpha value is -0.670. The standard InChI is InChI=1S/C12H14INO4S/c13-10-6-9(12(15)16)7-11(8-10)19(17,18)14-4-2-1-3-5-14/h6-8H,1-5H2,(H,15,16). The molecule has 1 aliphatic heterocycles. The number of carboxylic acid groups (broad SMARTS) is 1. The minimum absolute atomic E-state index is 0.00230. The lowest BCUT2D eigenvalue weighted by Gasteiger charge is -2.26. The predicted molar refractivity (Wildman–Crippen MR) is 78.7 cm³/mol. The number of aromatic carboxylic acids is 1. The Morgan fingerprint density at radius 2 is 1.79 bits per heavy atom. The monoisotopic (exact) mass is 395 g/mol. The lowest BCUT2D eigenvalue weighted by Crippen LogP contribution is -2.35. The van der Waals surface area contributed by atoms with Crippen LogP contribution in [0.5, 0.6) is 0 Å². The summed E-state index contributed by atoms with van der Waals surface area (Å²) < 4.78 is 26.9. The normalized spacial score (nSPS) is 17.3. The second kappa shape index (κ2) is 5.76. The van der Waals surface area contributed by atoms with E-state index in [9.17, 15) is 13.2 Å². The summed E-state index contributed by atoms with van der Waals surface area (Å²) in [4.78, 5) is 11.1. The van der Waals surface area contributed by atoms with Gasteiger partial charge in [0.05, 0.1) is 10.5 Å². The molecule has 1 heterocycles. The number of nitrogens with zero attached hydrogens (tertiary/aromatic N) is 1. The lowest BCUT2D eigenvalue weighted by atomic mass is 10.2. The van der Waals surface area contributed by atoms with E-state index in [-0.39, 0.29) is 10.5 Å². The van der Waals surface area contributed by atoms with Crippen molar-refractivity contribution >= 4 is 38.6 Å². The Kier molecular flexibility index (Phi) is 4.46. The molecule has 0 unspecified atom stereocenters. The van der Waals surface area contributed by atoms with Gasteiger partial charge in [-0.25, -0.2) is 13.2 Å². The Labute approximate surface area is 125 Å². The number of carbonyl (C=O) groups is 1. The third-order valence-corrected chi connectivity index (χ3v) is 5.57. The highest BCUT2D eigenvalue weighted by Gasteiger charge is 2.27. The minimum atomic E-state index is -3.58. The molecule has 5 nitrogen and oxygen atoms in total. The van der Waals surface area contributed by atoms with Crippen molar-refractivity contribution in [3.63, 3.8) is 0 Å². The van der Waals surface area contributed by atoms with Gasteiger partial charge in [-0.1, -0.05) is 6.42 Å². The highest BCUT2D eigenvalue weighted by molar-refractivity contribution is 14.1. The van der Waals surface area contributed by atoms with Crippen LogP contribution in [0.3, 0.4) is 0 Å². The van der Waals surface area contributed by atoms with Crippen molar-refractivity contribution in [2.75, 3.05) is 13.1 Å². The summed E-state index contributed by atoms with van der Waals surface area (Å²) in [7, 11) is -3.58. The Morgan fingerprint density at radius 3 is 2.37 bits per heavy atom. The third-order valence-electron chi connectivity index (χ3n) is 3.07. The van der Waals surface area contributed by atoms with Crippen LogP contribution in [0.25, 0.3) is 0 Å². The SMILES string of the molecule is O=C(O)c1cc(I)cc(S(=O)(=O)N2CCCCC2)c1. The van der Waals surface area contributed by atoms with E-state index < -0.39 is 16.0 Å². The lowest BCUT2D eigenvalue weighted by molar-refractivity contribution is 0.0696. The number of benzene rings is 1. The number of hydrogen-bond acceptors (Lipinski definition) is 3. The molecule has 1 fully saturated rings. The van der Waals surface area contributed by atoms with Crippen molar-refractivity contribution in [3.05, 3.63) is 27.3 Å². The first kappa shape index (κ1) is 14.7. The van der Waals surface area contributed by atoms with Gasteiger partial charge in [-0.05, 0) is 53.6 Å². The van der Waals surface area contributed by atoms with Gasteiger partial charge in [0.25, 0.3) is 0 Å². The van der Waals surface area contributed by atoms with Gasteiger partial charge in [0.2, 0.25) is 10.0 Å². The number of hydrogen-bond donors (Lipinski definition) is 1. The molecule has 2 rings (SSSR count). The fourth-order valence-electron chi connectivity index (χ4n) is 2.09. The molecule has 0 amide bonds. The molecule has 7 heteroatoms. The van der Waals surface area contributed by atoms with Crippen LogP contribution in [-0.4, -0.2) is 36.9 Å². The van der Waals surface area contributed by atoms with Crippen LogP contribution in [0.15, 0.2) is 23.1 Å². The molecule has 0 saturated carbocycles. The molecule has 104 valence electrons. The highest BCUT2D eigenvalue weighted by Crippen LogP contribution is 2.23. The maximum atomic E-state index is 12.4. The summed E-state index contributed by atoms with van der Waals surface area (Å²) in [6.45, 7) is 1.02. The molecule has 0 radical (unpaired) electrons. The topological polar surface area (TPSA) is 74.7 Å². The average molecular weight is 395 g/mol. The van der Waals surface area contributed by atoms with Gasteiger partial charge < -0.3 is 5.11 Å². The Balaban J connectivity index is 2.42. The zero-order chi connectivity index (χ0) is 14.0. The quantitative estimate of drug-likeness (QED) is 0.797. The van der Waals surface area contributed by atoms with Crippen LogP contribution in [0.2, 0.25) is 0 Å². The van der Waals surface area contributed by atoms with Crippen LogP contribution in [0.1, 0.15) is 29.6 Å². The zero-order valence-electron chi connectivity index (χ0n) is 10.2. The van der Waals surface area contributed by atoms with E-state index in [4.69, 9.17) is 5.11 Å².